The van der Waals surface area contributed by atoms with Gasteiger partial charge in [0.2, 0.25) is 0 Å². The number of Topliss-reactive ketones (excluding diaryl/α,β-unsaturated/α-hetero) is 3. The summed E-state index contributed by atoms with van der Waals surface area (Å²) >= 11 is 7.72. The largest absolute Gasteiger partial charge is 0.352 e. The van der Waals surface area contributed by atoms with Crippen LogP contribution in [-0.2, 0) is 0 Å². The van der Waals surface area contributed by atoms with Crippen molar-refractivity contribution in [1.82, 2.24) is 0 Å². The molecule has 0 saturated carbocycles. The van der Waals surface area contributed by atoms with Gasteiger partial charge in [-0.3, -0.25) is 14.4 Å². The number of anilines is 1. The Morgan fingerprint density at radius 3 is 2.29 bits per heavy atom. The van der Waals surface area contributed by atoms with Gasteiger partial charge < -0.3 is 4.90 Å². The van der Waals surface area contributed by atoms with Crippen LogP contribution in [0.3, 0.4) is 0 Å². The Morgan fingerprint density at radius 1 is 0.921 bits per heavy atom. The van der Waals surface area contributed by atoms with Crippen molar-refractivity contribution in [2.75, 3.05) is 4.90 Å². The van der Waals surface area contributed by atoms with Crippen LogP contribution in [0, 0.1) is 12.3 Å². The van der Waals surface area contributed by atoms with Crippen LogP contribution in [0.4, 0.5) is 5.69 Å². The van der Waals surface area contributed by atoms with Crippen molar-refractivity contribution < 1.29 is 14.4 Å². The van der Waals surface area contributed by atoms with Gasteiger partial charge in [-0.25, -0.2) is 0 Å². The molecule has 3 aliphatic rings. The molecule has 0 radical (unpaired) electrons. The minimum atomic E-state index is -1.48. The number of hydrogen-bond donors (Lipinski definition) is 0. The van der Waals surface area contributed by atoms with E-state index >= 15 is 0 Å². The summed E-state index contributed by atoms with van der Waals surface area (Å²) in [5, 5.41) is 2.46. The van der Waals surface area contributed by atoms with Crippen LogP contribution in [0.25, 0.3) is 6.08 Å². The SMILES string of the molecule is Cc1ccc([C@H]2[C@H](C(=O)c3cccs3)N3c4ccc(Cl)cc4C=C[C@H]3C23C(=O)c2ccccc2C3=O)cc1. The predicted molar refractivity (Wildman–Crippen MR) is 151 cm³/mol. The molecule has 2 aliphatic heterocycles. The summed E-state index contributed by atoms with van der Waals surface area (Å²) in [5.74, 6) is -1.23. The molecule has 0 amide bonds. The second kappa shape index (κ2) is 8.35. The van der Waals surface area contributed by atoms with Gasteiger partial charge in [0.15, 0.2) is 17.3 Å². The summed E-state index contributed by atoms with van der Waals surface area (Å²) in [5.41, 5.74) is 2.88. The van der Waals surface area contributed by atoms with Crippen molar-refractivity contribution in [3.05, 3.63) is 128 Å². The second-order valence-corrected chi connectivity index (χ2v) is 11.5. The van der Waals surface area contributed by atoms with Gasteiger partial charge in [-0.15, -0.1) is 11.3 Å². The fourth-order valence-electron chi connectivity index (χ4n) is 6.66. The highest BCUT2D eigenvalue weighted by Gasteiger charge is 2.71. The van der Waals surface area contributed by atoms with Crippen molar-refractivity contribution in [2.24, 2.45) is 5.41 Å². The molecule has 1 aromatic heterocycles. The molecular weight excluding hydrogens is 514 g/mol. The first-order valence-corrected chi connectivity index (χ1v) is 13.8. The van der Waals surface area contributed by atoms with Crippen molar-refractivity contribution in [3.63, 3.8) is 0 Å². The van der Waals surface area contributed by atoms with Gasteiger partial charge in [-0.1, -0.05) is 83.9 Å². The Labute approximate surface area is 229 Å². The Balaban J connectivity index is 1.56. The van der Waals surface area contributed by atoms with Gasteiger partial charge in [-0.2, -0.15) is 0 Å². The van der Waals surface area contributed by atoms with E-state index in [4.69, 9.17) is 11.6 Å². The van der Waals surface area contributed by atoms with Crippen molar-refractivity contribution in [3.8, 4) is 0 Å². The standard InChI is InChI=1S/C32H22ClNO3S/c1-18-8-10-19(11-9-18)27-28(29(35)25-7-4-16-38-25)34-24-14-13-21(33)17-20(24)12-15-26(34)32(27)30(36)22-5-2-3-6-23(22)31(32)37/h2-17,26-28H,1H3/t26-,27-,28+/m0/s1. The van der Waals surface area contributed by atoms with Gasteiger partial charge in [0.1, 0.15) is 11.5 Å². The number of nitrogens with zero attached hydrogens (tertiary/aromatic N) is 1. The van der Waals surface area contributed by atoms with E-state index in [1.54, 1.807) is 30.3 Å². The first-order chi connectivity index (χ1) is 18.4. The number of rotatable bonds is 3. The number of benzene rings is 3. The first-order valence-electron chi connectivity index (χ1n) is 12.5. The number of hydrogen-bond acceptors (Lipinski definition) is 5. The third-order valence-electron chi connectivity index (χ3n) is 8.23. The molecule has 0 N–H and O–H groups in total. The van der Waals surface area contributed by atoms with Gasteiger partial charge in [-0.05, 0) is 47.7 Å². The van der Waals surface area contributed by atoms with Crippen LogP contribution in [0.2, 0.25) is 5.02 Å². The summed E-state index contributed by atoms with van der Waals surface area (Å²) in [7, 11) is 0. The lowest BCUT2D eigenvalue weighted by molar-refractivity contribution is 0.0666. The zero-order valence-electron chi connectivity index (χ0n) is 20.4. The maximum atomic E-state index is 14.5. The highest BCUT2D eigenvalue weighted by atomic mass is 35.5. The first kappa shape index (κ1) is 23.3. The molecule has 0 bridgehead atoms. The van der Waals surface area contributed by atoms with Crippen molar-refractivity contribution in [1.29, 1.82) is 0 Å². The van der Waals surface area contributed by atoms with E-state index in [1.807, 2.05) is 77.9 Å². The summed E-state index contributed by atoms with van der Waals surface area (Å²) < 4.78 is 0. The predicted octanol–water partition coefficient (Wildman–Crippen LogP) is 7.03. The maximum Gasteiger partial charge on any atom is 0.195 e. The fraction of sp³-hybridized carbons (Fsp3) is 0.156. The van der Waals surface area contributed by atoms with Crippen molar-refractivity contribution in [2.45, 2.75) is 24.9 Å². The fourth-order valence-corrected chi connectivity index (χ4v) is 7.54. The Bertz CT molecular complexity index is 1640. The van der Waals surface area contributed by atoms with Crippen LogP contribution in [-0.4, -0.2) is 29.4 Å². The van der Waals surface area contributed by atoms with Crippen LogP contribution in [0.1, 0.15) is 53.0 Å². The molecule has 4 aromatic rings. The van der Waals surface area contributed by atoms with Crippen LogP contribution < -0.4 is 4.90 Å². The molecule has 7 rings (SSSR count). The Kier molecular flexibility index (Phi) is 5.13. The maximum absolute atomic E-state index is 14.5. The average molecular weight is 536 g/mol. The minimum Gasteiger partial charge on any atom is -0.352 e. The number of fused-ring (bicyclic) bond motifs is 5. The molecule has 4 nitrogen and oxygen atoms in total. The molecule has 1 fully saturated rings. The van der Waals surface area contributed by atoms with Crippen molar-refractivity contribution >= 4 is 52.1 Å². The van der Waals surface area contributed by atoms with Gasteiger partial charge in [0, 0.05) is 27.8 Å². The average Bonchev–Trinajstić information content (AvgIpc) is 3.62. The molecule has 1 spiro atoms. The van der Waals surface area contributed by atoms with Crippen LogP contribution in [0.15, 0.2) is 90.3 Å². The number of carbonyl (C=O) groups excluding carboxylic acids is 3. The third kappa shape index (κ3) is 3.00. The zero-order valence-corrected chi connectivity index (χ0v) is 22.0. The molecule has 38 heavy (non-hydrogen) atoms. The van der Waals surface area contributed by atoms with E-state index in [-0.39, 0.29) is 17.3 Å². The Morgan fingerprint density at radius 2 is 1.63 bits per heavy atom. The van der Waals surface area contributed by atoms with E-state index < -0.39 is 23.4 Å². The number of halogens is 1. The molecule has 1 saturated heterocycles. The molecule has 3 atom stereocenters. The number of ketones is 3. The van der Waals surface area contributed by atoms with Gasteiger partial charge >= 0.3 is 0 Å². The molecule has 0 unspecified atom stereocenters. The second-order valence-electron chi connectivity index (χ2n) is 10.2. The molecule has 1 aliphatic carbocycles. The monoisotopic (exact) mass is 535 g/mol. The van der Waals surface area contributed by atoms with Gasteiger partial charge in [0.25, 0.3) is 0 Å². The molecular formula is C32H22ClNO3S. The highest BCUT2D eigenvalue weighted by Crippen LogP contribution is 2.61. The van der Waals surface area contributed by atoms with E-state index in [9.17, 15) is 14.4 Å². The lowest BCUT2D eigenvalue weighted by Gasteiger charge is -2.37. The Hall–Kier alpha value is -3.80. The number of thiophene rings is 1. The summed E-state index contributed by atoms with van der Waals surface area (Å²) in [6.07, 6.45) is 3.85. The van der Waals surface area contributed by atoms with E-state index in [0.717, 1.165) is 22.4 Å². The molecule has 6 heteroatoms. The van der Waals surface area contributed by atoms with Crippen LogP contribution >= 0.6 is 22.9 Å². The van der Waals surface area contributed by atoms with E-state index in [2.05, 4.69) is 0 Å². The summed E-state index contributed by atoms with van der Waals surface area (Å²) in [4.78, 5) is 46.1. The lowest BCUT2D eigenvalue weighted by Crippen LogP contribution is -2.48. The summed E-state index contributed by atoms with van der Waals surface area (Å²) in [6, 6.07) is 22.7. The van der Waals surface area contributed by atoms with Gasteiger partial charge in [0.05, 0.1) is 10.9 Å². The lowest BCUT2D eigenvalue weighted by atomic mass is 9.64. The number of aryl methyl sites for hydroxylation is 1. The topological polar surface area (TPSA) is 54.5 Å². The zero-order chi connectivity index (χ0) is 26.2. The van der Waals surface area contributed by atoms with Crippen LogP contribution in [0.5, 0.6) is 0 Å². The van der Waals surface area contributed by atoms with E-state index in [0.29, 0.717) is 21.0 Å². The molecule has 3 aromatic carbocycles. The minimum absolute atomic E-state index is 0.0970. The highest BCUT2D eigenvalue weighted by molar-refractivity contribution is 7.12. The quantitative estimate of drug-likeness (QED) is 0.209. The summed E-state index contributed by atoms with van der Waals surface area (Å²) in [6.45, 7) is 2.00. The smallest absolute Gasteiger partial charge is 0.195 e. The van der Waals surface area contributed by atoms with E-state index in [1.165, 1.54) is 11.3 Å². The third-order valence-corrected chi connectivity index (χ3v) is 9.35. The number of carbonyl (C=O) groups is 3. The molecule has 186 valence electrons. The molecule has 3 heterocycles. The normalized spacial score (nSPS) is 22.5.